The first-order valence-electron chi connectivity index (χ1n) is 14.0. The van der Waals surface area contributed by atoms with Gasteiger partial charge in [-0.05, 0) is 84.8 Å². The average Bonchev–Trinajstić information content (AvgIpc) is 3.03. The van der Waals surface area contributed by atoms with Crippen molar-refractivity contribution in [2.24, 2.45) is 0 Å². The summed E-state index contributed by atoms with van der Waals surface area (Å²) in [5.41, 5.74) is 4.78. The Bertz CT molecular complexity index is 1910. The molecule has 7 nitrogen and oxygen atoms in total. The van der Waals surface area contributed by atoms with E-state index in [4.69, 9.17) is 16.3 Å². The van der Waals surface area contributed by atoms with E-state index in [-0.39, 0.29) is 16.4 Å². The van der Waals surface area contributed by atoms with Gasteiger partial charge in [0, 0.05) is 22.9 Å². The van der Waals surface area contributed by atoms with Crippen LogP contribution in [0.25, 0.3) is 0 Å². The molecule has 9 heteroatoms. The molecular formula is C35H30ClN3O4S. The van der Waals surface area contributed by atoms with Gasteiger partial charge in [0.05, 0.1) is 23.3 Å². The van der Waals surface area contributed by atoms with Crippen LogP contribution in [0.2, 0.25) is 5.02 Å². The molecule has 0 bridgehead atoms. The zero-order valence-corrected chi connectivity index (χ0v) is 25.7. The number of methoxy groups -OCH3 is 1. The molecule has 1 aliphatic rings. The van der Waals surface area contributed by atoms with Gasteiger partial charge in [-0.1, -0.05) is 71.8 Å². The lowest BCUT2D eigenvalue weighted by molar-refractivity contribution is 0.0968. The molecule has 0 saturated carbocycles. The first-order chi connectivity index (χ1) is 21.2. The molecule has 1 atom stereocenters. The summed E-state index contributed by atoms with van der Waals surface area (Å²) in [7, 11) is -2.41. The molecule has 1 heterocycles. The van der Waals surface area contributed by atoms with Crippen LogP contribution in [0.15, 0.2) is 126 Å². The molecule has 0 aromatic heterocycles. The molecule has 0 spiro atoms. The van der Waals surface area contributed by atoms with Gasteiger partial charge in [-0.2, -0.15) is 0 Å². The number of anilines is 3. The first kappa shape index (κ1) is 29.3. The minimum absolute atomic E-state index is 0.0132. The molecule has 1 aliphatic heterocycles. The Kier molecular flexibility index (Phi) is 8.03. The highest BCUT2D eigenvalue weighted by atomic mass is 35.5. The summed E-state index contributed by atoms with van der Waals surface area (Å²) >= 11 is 6.48. The van der Waals surface area contributed by atoms with Crippen LogP contribution in [0, 0.1) is 6.92 Å². The lowest BCUT2D eigenvalue weighted by Gasteiger charge is -2.46. The molecule has 0 unspecified atom stereocenters. The van der Waals surface area contributed by atoms with E-state index in [1.165, 1.54) is 6.07 Å². The second-order valence-electron chi connectivity index (χ2n) is 10.6. The quantitative estimate of drug-likeness (QED) is 0.191. The van der Waals surface area contributed by atoms with Crippen LogP contribution in [-0.2, 0) is 16.6 Å². The predicted molar refractivity (Wildman–Crippen MR) is 175 cm³/mol. The lowest BCUT2D eigenvalue weighted by atomic mass is 9.99. The number of aryl methyl sites for hydroxylation is 1. The van der Waals surface area contributed by atoms with Crippen LogP contribution in [0.5, 0.6) is 5.75 Å². The summed E-state index contributed by atoms with van der Waals surface area (Å²) in [5, 5.41) is 0.540. The number of fused-ring (bicyclic) bond motifs is 1. The number of nitrogens with one attached hydrogen (secondary N) is 1. The summed E-state index contributed by atoms with van der Waals surface area (Å²) in [5.74, 6) is 0.307. The summed E-state index contributed by atoms with van der Waals surface area (Å²) in [6.45, 7) is 2.37. The van der Waals surface area contributed by atoms with E-state index in [2.05, 4.69) is 9.62 Å². The number of nitrogens with zero attached hydrogens (tertiary/aromatic N) is 2. The van der Waals surface area contributed by atoms with E-state index in [1.807, 2.05) is 79.7 Å². The van der Waals surface area contributed by atoms with Gasteiger partial charge in [-0.25, -0.2) is 8.42 Å². The Balaban J connectivity index is 1.52. The van der Waals surface area contributed by atoms with Crippen LogP contribution < -0.4 is 19.3 Å². The second-order valence-corrected chi connectivity index (χ2v) is 12.7. The number of halogens is 1. The molecule has 1 amide bonds. The smallest absolute Gasteiger partial charge is 0.262 e. The van der Waals surface area contributed by atoms with Crippen LogP contribution in [0.1, 0.15) is 33.2 Å². The fourth-order valence-electron chi connectivity index (χ4n) is 5.40. The molecule has 0 radical (unpaired) electrons. The molecule has 6 rings (SSSR count). The zero-order chi connectivity index (χ0) is 30.8. The van der Waals surface area contributed by atoms with Crippen molar-refractivity contribution < 1.29 is 17.9 Å². The van der Waals surface area contributed by atoms with E-state index in [0.29, 0.717) is 34.4 Å². The zero-order valence-electron chi connectivity index (χ0n) is 24.1. The summed E-state index contributed by atoms with van der Waals surface area (Å²) in [6, 6.07) is 36.4. The third-order valence-corrected chi connectivity index (χ3v) is 9.19. The molecule has 5 aromatic carbocycles. The highest BCUT2D eigenvalue weighted by Crippen LogP contribution is 2.44. The summed E-state index contributed by atoms with van der Waals surface area (Å²) in [6.07, 6.45) is -0.588. The molecular weight excluding hydrogens is 594 g/mol. The van der Waals surface area contributed by atoms with Gasteiger partial charge in [0.15, 0.2) is 0 Å². The molecule has 222 valence electrons. The number of hydrogen-bond donors (Lipinski definition) is 1. The maximum absolute atomic E-state index is 14.5. The van der Waals surface area contributed by atoms with Crippen LogP contribution in [0.3, 0.4) is 0 Å². The Morgan fingerprint density at radius 1 is 0.841 bits per heavy atom. The van der Waals surface area contributed by atoms with Crippen molar-refractivity contribution in [3.63, 3.8) is 0 Å². The van der Waals surface area contributed by atoms with Gasteiger partial charge in [-0.3, -0.25) is 14.4 Å². The van der Waals surface area contributed by atoms with Gasteiger partial charge in [0.2, 0.25) is 0 Å². The van der Waals surface area contributed by atoms with E-state index in [1.54, 1.807) is 54.5 Å². The maximum Gasteiger partial charge on any atom is 0.262 e. The monoisotopic (exact) mass is 623 g/mol. The largest absolute Gasteiger partial charge is 0.497 e. The summed E-state index contributed by atoms with van der Waals surface area (Å²) < 4.78 is 35.0. The van der Waals surface area contributed by atoms with Crippen LogP contribution in [-0.4, -0.2) is 21.4 Å². The van der Waals surface area contributed by atoms with Gasteiger partial charge in [0.1, 0.15) is 11.9 Å². The average molecular weight is 624 g/mol. The number of carbonyl (C=O) groups is 1. The fourth-order valence-corrected chi connectivity index (χ4v) is 6.68. The number of ether oxygens (including phenoxy) is 1. The van der Waals surface area contributed by atoms with E-state index in [0.717, 1.165) is 16.7 Å². The molecule has 1 N–H and O–H groups in total. The second kappa shape index (κ2) is 12.1. The van der Waals surface area contributed by atoms with Crippen LogP contribution >= 0.6 is 11.6 Å². The number of sulfonamides is 1. The number of rotatable bonds is 8. The van der Waals surface area contributed by atoms with Crippen molar-refractivity contribution in [2.75, 3.05) is 21.6 Å². The number of amides is 1. The molecule has 0 aliphatic carbocycles. The molecule has 0 saturated heterocycles. The number of benzene rings is 5. The number of hydrogen-bond acceptors (Lipinski definition) is 5. The van der Waals surface area contributed by atoms with Crippen molar-refractivity contribution >= 4 is 44.6 Å². The highest BCUT2D eigenvalue weighted by Gasteiger charge is 2.40. The molecule has 5 aromatic rings. The lowest BCUT2D eigenvalue weighted by Crippen LogP contribution is -2.49. The Hall–Kier alpha value is -4.79. The van der Waals surface area contributed by atoms with Crippen molar-refractivity contribution in [1.29, 1.82) is 0 Å². The van der Waals surface area contributed by atoms with Crippen molar-refractivity contribution in [1.82, 2.24) is 0 Å². The van der Waals surface area contributed by atoms with Gasteiger partial charge in [-0.15, -0.1) is 0 Å². The van der Waals surface area contributed by atoms with Gasteiger partial charge >= 0.3 is 0 Å². The highest BCUT2D eigenvalue weighted by molar-refractivity contribution is 7.92. The fraction of sp³-hybridized carbons (Fsp3) is 0.114. The standard InChI is InChI=1S/C35H30ClN3O4S/c1-24-11-13-28(14-12-24)37-44(41,42)31-19-20-33-32(22-31)35(40)39(29-15-17-30(43-2)18-16-29)34(26-9-6-10-27(36)21-26)38(33)23-25-7-4-3-5-8-25/h3-22,34,37H,23H2,1-2H3/t34-/m1/s1. The predicted octanol–water partition coefficient (Wildman–Crippen LogP) is 7.82. The first-order valence-corrected chi connectivity index (χ1v) is 15.9. The van der Waals surface area contributed by atoms with Crippen molar-refractivity contribution in [3.8, 4) is 5.75 Å². The van der Waals surface area contributed by atoms with Gasteiger partial charge in [0.25, 0.3) is 15.9 Å². The Morgan fingerprint density at radius 2 is 1.57 bits per heavy atom. The third-order valence-electron chi connectivity index (χ3n) is 7.57. The van der Waals surface area contributed by atoms with E-state index < -0.39 is 16.2 Å². The normalized spacial score (nSPS) is 14.7. The summed E-state index contributed by atoms with van der Waals surface area (Å²) in [4.78, 5) is 18.3. The Morgan fingerprint density at radius 3 is 2.25 bits per heavy atom. The van der Waals surface area contributed by atoms with Crippen LogP contribution in [0.4, 0.5) is 17.1 Å². The van der Waals surface area contributed by atoms with Crippen molar-refractivity contribution in [3.05, 3.63) is 149 Å². The third kappa shape index (κ3) is 5.86. The molecule has 0 fully saturated rings. The van der Waals surface area contributed by atoms with Crippen molar-refractivity contribution in [2.45, 2.75) is 24.5 Å². The van der Waals surface area contributed by atoms with E-state index in [9.17, 15) is 13.2 Å². The van der Waals surface area contributed by atoms with E-state index >= 15 is 0 Å². The minimum Gasteiger partial charge on any atom is -0.497 e. The topological polar surface area (TPSA) is 78.9 Å². The minimum atomic E-state index is -4.00. The van der Waals surface area contributed by atoms with Gasteiger partial charge < -0.3 is 9.64 Å². The SMILES string of the molecule is COc1ccc(N2C(=O)c3cc(S(=O)(=O)Nc4ccc(C)cc4)ccc3N(Cc3ccccc3)[C@H]2c2cccc(Cl)c2)cc1. The number of carbonyl (C=O) groups excluding carboxylic acids is 1. The maximum atomic E-state index is 14.5. The Labute approximate surface area is 262 Å². The molecule has 44 heavy (non-hydrogen) atoms.